The number of Topliss-reactive ketones (excluding diaryl/α,β-unsaturated/α-hetero) is 1. The number of nitrogens with one attached hydrogen (secondary N) is 2. The Morgan fingerprint density at radius 3 is 2.72 bits per heavy atom. The Hall–Kier alpha value is -1.61. The molecule has 0 aliphatic rings. The first-order valence-corrected chi connectivity index (χ1v) is 6.39. The van der Waals surface area contributed by atoms with E-state index in [1.54, 1.807) is 6.92 Å². The lowest BCUT2D eigenvalue weighted by molar-refractivity contribution is -0.117. The van der Waals surface area contributed by atoms with Crippen LogP contribution >= 0.6 is 0 Å². The molecule has 0 saturated heterocycles. The third-order valence-electron chi connectivity index (χ3n) is 3.02. The lowest BCUT2D eigenvalue weighted by atomic mass is 10.0. The molecule has 3 heteroatoms. The van der Waals surface area contributed by atoms with E-state index in [1.165, 1.54) is 10.9 Å². The number of carbonyl (C=O) groups excluding carboxylic acids is 1. The number of hydrogen-bond acceptors (Lipinski definition) is 2. The molecule has 1 aromatic carbocycles. The molecule has 2 aromatic rings. The van der Waals surface area contributed by atoms with Gasteiger partial charge in [-0.1, -0.05) is 32.0 Å². The summed E-state index contributed by atoms with van der Waals surface area (Å²) in [6.45, 7) is 5.84. The fourth-order valence-electron chi connectivity index (χ4n) is 2.33. The Balaban J connectivity index is 2.37. The van der Waals surface area contributed by atoms with E-state index in [1.807, 2.05) is 18.3 Å². The van der Waals surface area contributed by atoms with Crippen LogP contribution in [-0.2, 0) is 4.79 Å². The van der Waals surface area contributed by atoms with Crippen LogP contribution in [0.3, 0.4) is 0 Å². The van der Waals surface area contributed by atoms with Gasteiger partial charge in [-0.2, -0.15) is 0 Å². The second kappa shape index (κ2) is 5.36. The average molecular weight is 244 g/mol. The summed E-state index contributed by atoms with van der Waals surface area (Å²) in [7, 11) is 0. The minimum Gasteiger partial charge on any atom is -0.361 e. The van der Waals surface area contributed by atoms with Gasteiger partial charge < -0.3 is 10.3 Å². The van der Waals surface area contributed by atoms with Gasteiger partial charge in [0.15, 0.2) is 0 Å². The highest BCUT2D eigenvalue weighted by atomic mass is 16.1. The first-order chi connectivity index (χ1) is 8.58. The van der Waals surface area contributed by atoms with E-state index in [-0.39, 0.29) is 11.8 Å². The number of aromatic amines is 1. The van der Waals surface area contributed by atoms with E-state index in [9.17, 15) is 4.79 Å². The van der Waals surface area contributed by atoms with Crippen molar-refractivity contribution in [3.05, 3.63) is 36.0 Å². The maximum Gasteiger partial charge on any atom is 0.131 e. The molecule has 0 aliphatic carbocycles. The highest BCUT2D eigenvalue weighted by molar-refractivity contribution is 5.85. The van der Waals surface area contributed by atoms with Crippen LogP contribution in [0.2, 0.25) is 0 Å². The molecule has 0 radical (unpaired) electrons. The molecule has 1 atom stereocenters. The van der Waals surface area contributed by atoms with Crippen LogP contribution in [0.25, 0.3) is 10.9 Å². The highest BCUT2D eigenvalue weighted by Crippen LogP contribution is 2.26. The first-order valence-electron chi connectivity index (χ1n) is 6.39. The summed E-state index contributed by atoms with van der Waals surface area (Å²) in [5.74, 6) is 0.207. The van der Waals surface area contributed by atoms with Crippen molar-refractivity contribution in [2.75, 3.05) is 0 Å². The predicted molar refractivity (Wildman–Crippen MR) is 74.6 cm³/mol. The van der Waals surface area contributed by atoms with E-state index in [2.05, 4.69) is 36.3 Å². The number of para-hydroxylation sites is 1. The largest absolute Gasteiger partial charge is 0.361 e. The Labute approximate surface area is 108 Å². The molecule has 1 aromatic heterocycles. The third-order valence-corrected chi connectivity index (χ3v) is 3.02. The van der Waals surface area contributed by atoms with Gasteiger partial charge in [0.05, 0.1) is 0 Å². The lowest BCUT2D eigenvalue weighted by Crippen LogP contribution is -2.29. The van der Waals surface area contributed by atoms with E-state index >= 15 is 0 Å². The topological polar surface area (TPSA) is 44.9 Å². The molecule has 0 fully saturated rings. The number of aromatic nitrogens is 1. The number of hydrogen-bond donors (Lipinski definition) is 2. The van der Waals surface area contributed by atoms with Crippen molar-refractivity contribution < 1.29 is 4.79 Å². The van der Waals surface area contributed by atoms with Crippen molar-refractivity contribution in [1.29, 1.82) is 0 Å². The molecule has 3 nitrogen and oxygen atoms in total. The summed E-state index contributed by atoms with van der Waals surface area (Å²) < 4.78 is 0. The van der Waals surface area contributed by atoms with Crippen molar-refractivity contribution >= 4 is 16.7 Å². The number of rotatable bonds is 5. The van der Waals surface area contributed by atoms with E-state index < -0.39 is 0 Å². The van der Waals surface area contributed by atoms with Gasteiger partial charge in [0.1, 0.15) is 5.78 Å². The van der Waals surface area contributed by atoms with E-state index in [0.717, 1.165) is 5.52 Å². The Bertz CT molecular complexity index is 542. The molecule has 18 heavy (non-hydrogen) atoms. The fourth-order valence-corrected chi connectivity index (χ4v) is 2.33. The van der Waals surface area contributed by atoms with Crippen LogP contribution in [-0.4, -0.2) is 16.8 Å². The second-order valence-corrected chi connectivity index (χ2v) is 5.07. The van der Waals surface area contributed by atoms with Crippen LogP contribution in [0.15, 0.2) is 30.5 Å². The Kier molecular flexibility index (Phi) is 3.82. The SMILES string of the molecule is CC(=O)CC(NC(C)C)c1c[nH]c2ccccc12. The van der Waals surface area contributed by atoms with E-state index in [4.69, 9.17) is 0 Å². The van der Waals surface area contributed by atoms with Gasteiger partial charge in [0.25, 0.3) is 0 Å². The van der Waals surface area contributed by atoms with Crippen molar-refractivity contribution in [3.8, 4) is 0 Å². The molecule has 1 unspecified atom stereocenters. The van der Waals surface area contributed by atoms with Gasteiger partial charge in [-0.05, 0) is 18.6 Å². The van der Waals surface area contributed by atoms with Gasteiger partial charge >= 0.3 is 0 Å². The Morgan fingerprint density at radius 2 is 2.06 bits per heavy atom. The fraction of sp³-hybridized carbons (Fsp3) is 0.400. The molecule has 2 N–H and O–H groups in total. The number of fused-ring (bicyclic) bond motifs is 1. The van der Waals surface area contributed by atoms with Crippen molar-refractivity contribution in [2.45, 2.75) is 39.3 Å². The highest BCUT2D eigenvalue weighted by Gasteiger charge is 2.18. The maximum atomic E-state index is 11.4. The second-order valence-electron chi connectivity index (χ2n) is 5.07. The summed E-state index contributed by atoms with van der Waals surface area (Å²) in [5.41, 5.74) is 2.29. The zero-order valence-electron chi connectivity index (χ0n) is 11.2. The zero-order valence-corrected chi connectivity index (χ0v) is 11.2. The summed E-state index contributed by atoms with van der Waals surface area (Å²) in [6.07, 6.45) is 2.54. The number of ketones is 1. The summed E-state index contributed by atoms with van der Waals surface area (Å²) in [4.78, 5) is 14.7. The molecular formula is C15H20N2O. The predicted octanol–water partition coefficient (Wildman–Crippen LogP) is 3.19. The van der Waals surface area contributed by atoms with Crippen LogP contribution in [0, 0.1) is 0 Å². The van der Waals surface area contributed by atoms with Crippen molar-refractivity contribution in [3.63, 3.8) is 0 Å². The van der Waals surface area contributed by atoms with Crippen molar-refractivity contribution in [2.24, 2.45) is 0 Å². The van der Waals surface area contributed by atoms with Crippen molar-refractivity contribution in [1.82, 2.24) is 10.3 Å². The van der Waals surface area contributed by atoms with E-state index in [0.29, 0.717) is 12.5 Å². The molecule has 0 amide bonds. The van der Waals surface area contributed by atoms with Crippen LogP contribution in [0.5, 0.6) is 0 Å². The standard InChI is InChI=1S/C15H20N2O/c1-10(2)17-15(8-11(3)18)13-9-16-14-7-5-4-6-12(13)14/h4-7,9-10,15-17H,8H2,1-3H3. The summed E-state index contributed by atoms with van der Waals surface area (Å²) >= 11 is 0. The molecule has 96 valence electrons. The summed E-state index contributed by atoms with van der Waals surface area (Å²) in [5, 5.41) is 4.66. The quantitative estimate of drug-likeness (QED) is 0.848. The Morgan fingerprint density at radius 1 is 1.33 bits per heavy atom. The third kappa shape index (κ3) is 2.79. The van der Waals surface area contributed by atoms with Gasteiger partial charge in [0, 0.05) is 35.6 Å². The number of H-pyrrole nitrogens is 1. The molecule has 0 bridgehead atoms. The van der Waals surface area contributed by atoms with Gasteiger partial charge in [0.2, 0.25) is 0 Å². The monoisotopic (exact) mass is 244 g/mol. The molecular weight excluding hydrogens is 224 g/mol. The number of benzene rings is 1. The van der Waals surface area contributed by atoms with Crippen LogP contribution < -0.4 is 5.32 Å². The average Bonchev–Trinajstić information content (AvgIpc) is 2.70. The zero-order chi connectivity index (χ0) is 13.1. The van der Waals surface area contributed by atoms with Crippen LogP contribution in [0.1, 0.15) is 38.8 Å². The molecule has 2 rings (SSSR count). The molecule has 0 aliphatic heterocycles. The normalized spacial score (nSPS) is 13.1. The van der Waals surface area contributed by atoms with Gasteiger partial charge in [-0.25, -0.2) is 0 Å². The molecule has 0 spiro atoms. The number of carbonyl (C=O) groups is 1. The molecule has 1 heterocycles. The first kappa shape index (κ1) is 12.8. The molecule has 0 saturated carbocycles. The van der Waals surface area contributed by atoms with Crippen LogP contribution in [0.4, 0.5) is 0 Å². The minimum atomic E-state index is 0.0821. The van der Waals surface area contributed by atoms with Gasteiger partial charge in [-0.3, -0.25) is 4.79 Å². The van der Waals surface area contributed by atoms with Gasteiger partial charge in [-0.15, -0.1) is 0 Å². The smallest absolute Gasteiger partial charge is 0.131 e. The lowest BCUT2D eigenvalue weighted by Gasteiger charge is -2.20. The minimum absolute atomic E-state index is 0.0821. The maximum absolute atomic E-state index is 11.4. The summed E-state index contributed by atoms with van der Waals surface area (Å²) in [6, 6.07) is 8.62.